The molecule has 1 aromatic heterocycles. The average molecular weight is 292 g/mol. The maximum Gasteiger partial charge on any atom is 0.0701 e. The highest BCUT2D eigenvalue weighted by Crippen LogP contribution is 2.23. The molecule has 0 aliphatic carbocycles. The van der Waals surface area contributed by atoms with Gasteiger partial charge in [0.05, 0.1) is 10.4 Å². The third-order valence-corrected chi connectivity index (χ3v) is 3.74. The van der Waals surface area contributed by atoms with E-state index in [0.717, 1.165) is 26.2 Å². The number of likely N-dealkylation sites (N-methyl/N-ethyl adjacent to an activating group) is 1. The number of ether oxygens (including phenoxy) is 1. The van der Waals surface area contributed by atoms with E-state index in [1.165, 1.54) is 8.66 Å². The average Bonchev–Trinajstić information content (AvgIpc) is 2.61. The van der Waals surface area contributed by atoms with Crippen molar-refractivity contribution in [3.63, 3.8) is 0 Å². The number of rotatable bonds is 7. The molecule has 4 heteroatoms. The van der Waals surface area contributed by atoms with Gasteiger partial charge in [-0.05, 0) is 48.0 Å². The molecule has 0 aliphatic rings. The van der Waals surface area contributed by atoms with Crippen LogP contribution in [-0.2, 0) is 11.2 Å². The van der Waals surface area contributed by atoms with Gasteiger partial charge in [-0.25, -0.2) is 0 Å². The quantitative estimate of drug-likeness (QED) is 0.834. The standard InChI is InChI=1S/C11H18BrNOS/c1-3-13-9(8-14-4-2)7-10-5-6-11(12)15-10/h5-6,9,13H,3-4,7-8H2,1-2H3. The first-order valence-corrected chi connectivity index (χ1v) is 6.92. The second-order valence-corrected chi connectivity index (χ2v) is 5.87. The van der Waals surface area contributed by atoms with Crippen LogP contribution in [0.2, 0.25) is 0 Å². The molecule has 0 fully saturated rings. The molecule has 1 atom stereocenters. The van der Waals surface area contributed by atoms with Crippen molar-refractivity contribution in [1.29, 1.82) is 0 Å². The maximum atomic E-state index is 5.46. The molecule has 2 nitrogen and oxygen atoms in total. The van der Waals surface area contributed by atoms with Crippen molar-refractivity contribution in [3.8, 4) is 0 Å². The summed E-state index contributed by atoms with van der Waals surface area (Å²) in [5.74, 6) is 0. The molecule has 0 spiro atoms. The zero-order chi connectivity index (χ0) is 11.1. The van der Waals surface area contributed by atoms with Crippen molar-refractivity contribution in [2.75, 3.05) is 19.8 Å². The van der Waals surface area contributed by atoms with Gasteiger partial charge in [0.15, 0.2) is 0 Å². The highest BCUT2D eigenvalue weighted by Gasteiger charge is 2.09. The van der Waals surface area contributed by atoms with Gasteiger partial charge >= 0.3 is 0 Å². The van der Waals surface area contributed by atoms with Crippen molar-refractivity contribution in [2.45, 2.75) is 26.3 Å². The van der Waals surface area contributed by atoms with E-state index in [9.17, 15) is 0 Å². The molecule has 0 aliphatic heterocycles. The Kier molecular flexibility index (Phi) is 6.48. The summed E-state index contributed by atoms with van der Waals surface area (Å²) in [5.41, 5.74) is 0. The van der Waals surface area contributed by atoms with Crippen LogP contribution in [0.5, 0.6) is 0 Å². The van der Waals surface area contributed by atoms with Gasteiger partial charge < -0.3 is 10.1 Å². The summed E-state index contributed by atoms with van der Waals surface area (Å²) in [7, 11) is 0. The van der Waals surface area contributed by atoms with Crippen molar-refractivity contribution in [1.82, 2.24) is 5.32 Å². The first-order valence-electron chi connectivity index (χ1n) is 5.31. The lowest BCUT2D eigenvalue weighted by molar-refractivity contribution is 0.123. The number of thiophene rings is 1. The molecule has 0 radical (unpaired) electrons. The predicted molar refractivity (Wildman–Crippen MR) is 69.7 cm³/mol. The second kappa shape index (κ2) is 7.39. The lowest BCUT2D eigenvalue weighted by Gasteiger charge is -2.16. The largest absolute Gasteiger partial charge is 0.380 e. The summed E-state index contributed by atoms with van der Waals surface area (Å²) in [6.07, 6.45) is 1.05. The van der Waals surface area contributed by atoms with Gasteiger partial charge in [0, 0.05) is 17.5 Å². The number of halogens is 1. The summed E-state index contributed by atoms with van der Waals surface area (Å²) < 4.78 is 6.66. The Morgan fingerprint density at radius 2 is 2.27 bits per heavy atom. The van der Waals surface area contributed by atoms with E-state index in [1.54, 1.807) is 11.3 Å². The summed E-state index contributed by atoms with van der Waals surface area (Å²) in [5, 5.41) is 3.44. The van der Waals surface area contributed by atoms with Gasteiger partial charge in [0.1, 0.15) is 0 Å². The van der Waals surface area contributed by atoms with Gasteiger partial charge in [-0.15, -0.1) is 11.3 Å². The Morgan fingerprint density at radius 1 is 1.47 bits per heavy atom. The topological polar surface area (TPSA) is 21.3 Å². The van der Waals surface area contributed by atoms with Crippen LogP contribution in [0.25, 0.3) is 0 Å². The van der Waals surface area contributed by atoms with Gasteiger partial charge in [-0.3, -0.25) is 0 Å². The molecule has 0 bridgehead atoms. The van der Waals surface area contributed by atoms with Gasteiger partial charge in [-0.1, -0.05) is 6.92 Å². The van der Waals surface area contributed by atoms with Crippen molar-refractivity contribution in [3.05, 3.63) is 20.8 Å². The molecule has 1 unspecified atom stereocenters. The highest BCUT2D eigenvalue weighted by molar-refractivity contribution is 9.11. The van der Waals surface area contributed by atoms with Crippen molar-refractivity contribution in [2.24, 2.45) is 0 Å². The van der Waals surface area contributed by atoms with Gasteiger partial charge in [0.2, 0.25) is 0 Å². The summed E-state index contributed by atoms with van der Waals surface area (Å²) >= 11 is 5.28. The van der Waals surface area contributed by atoms with Gasteiger partial charge in [0.25, 0.3) is 0 Å². The third kappa shape index (κ3) is 5.11. The minimum absolute atomic E-state index is 0.431. The summed E-state index contributed by atoms with van der Waals surface area (Å²) in [6, 6.07) is 4.70. The van der Waals surface area contributed by atoms with E-state index in [2.05, 4.69) is 40.3 Å². The first kappa shape index (κ1) is 13.2. The molecule has 0 amide bonds. The molecule has 1 aromatic rings. The molecule has 1 rings (SSSR count). The first-order chi connectivity index (χ1) is 7.26. The zero-order valence-corrected chi connectivity index (χ0v) is 11.7. The minimum Gasteiger partial charge on any atom is -0.380 e. The molecule has 0 saturated heterocycles. The van der Waals surface area contributed by atoms with Crippen LogP contribution in [0.3, 0.4) is 0 Å². The van der Waals surface area contributed by atoms with Crippen LogP contribution < -0.4 is 5.32 Å². The molecule has 15 heavy (non-hydrogen) atoms. The third-order valence-electron chi connectivity index (χ3n) is 2.09. The van der Waals surface area contributed by atoms with E-state index in [0.29, 0.717) is 6.04 Å². The van der Waals surface area contributed by atoms with E-state index >= 15 is 0 Å². The van der Waals surface area contributed by atoms with Crippen LogP contribution in [0.1, 0.15) is 18.7 Å². The molecule has 1 heterocycles. The zero-order valence-electron chi connectivity index (χ0n) is 9.25. The predicted octanol–water partition coefficient (Wildman–Crippen LogP) is 3.07. The maximum absolute atomic E-state index is 5.46. The molecular weight excluding hydrogens is 274 g/mol. The van der Waals surface area contributed by atoms with Gasteiger partial charge in [-0.2, -0.15) is 0 Å². The summed E-state index contributed by atoms with van der Waals surface area (Å²) in [6.45, 7) is 6.73. The normalized spacial score (nSPS) is 13.0. The second-order valence-electron chi connectivity index (χ2n) is 3.32. The van der Waals surface area contributed by atoms with E-state index in [1.807, 2.05) is 6.92 Å². The molecular formula is C11H18BrNOS. The molecule has 86 valence electrons. The Bertz CT molecular complexity index is 277. The fraction of sp³-hybridized carbons (Fsp3) is 0.636. The Labute approximate surface area is 104 Å². The summed E-state index contributed by atoms with van der Waals surface area (Å²) in [4.78, 5) is 1.40. The van der Waals surface area contributed by atoms with E-state index in [-0.39, 0.29) is 0 Å². The Balaban J connectivity index is 2.42. The van der Waals surface area contributed by atoms with E-state index < -0.39 is 0 Å². The molecule has 0 saturated carbocycles. The van der Waals surface area contributed by atoms with Crippen molar-refractivity contribution >= 4 is 27.3 Å². The fourth-order valence-corrected chi connectivity index (χ4v) is 3.01. The Hall–Kier alpha value is 0.1000. The van der Waals surface area contributed by atoms with Crippen LogP contribution in [0.15, 0.2) is 15.9 Å². The fourth-order valence-electron chi connectivity index (χ4n) is 1.44. The lowest BCUT2D eigenvalue weighted by Crippen LogP contribution is -2.35. The van der Waals surface area contributed by atoms with Crippen LogP contribution >= 0.6 is 27.3 Å². The monoisotopic (exact) mass is 291 g/mol. The van der Waals surface area contributed by atoms with Crippen LogP contribution in [0, 0.1) is 0 Å². The minimum atomic E-state index is 0.431. The number of hydrogen-bond donors (Lipinski definition) is 1. The highest BCUT2D eigenvalue weighted by atomic mass is 79.9. The Morgan fingerprint density at radius 3 is 2.80 bits per heavy atom. The lowest BCUT2D eigenvalue weighted by atomic mass is 10.2. The van der Waals surface area contributed by atoms with Crippen LogP contribution in [-0.4, -0.2) is 25.8 Å². The smallest absolute Gasteiger partial charge is 0.0701 e. The number of nitrogens with one attached hydrogen (secondary N) is 1. The number of hydrogen-bond acceptors (Lipinski definition) is 3. The van der Waals surface area contributed by atoms with Crippen molar-refractivity contribution < 1.29 is 4.74 Å². The van der Waals surface area contributed by atoms with E-state index in [4.69, 9.17) is 4.74 Å². The molecule has 1 N–H and O–H groups in total. The van der Waals surface area contributed by atoms with Crippen LogP contribution in [0.4, 0.5) is 0 Å². The SMILES string of the molecule is CCNC(COCC)Cc1ccc(Br)s1. The molecule has 0 aromatic carbocycles.